The predicted molar refractivity (Wildman–Crippen MR) is 146 cm³/mol. The minimum atomic E-state index is -0.338. The van der Waals surface area contributed by atoms with Crippen molar-refractivity contribution in [2.45, 2.75) is 42.5 Å². The summed E-state index contributed by atoms with van der Waals surface area (Å²) in [4.78, 5) is 44.9. The second-order valence-corrected chi connectivity index (χ2v) is 11.5. The molecule has 2 aliphatic rings. The van der Waals surface area contributed by atoms with Gasteiger partial charge in [-0.3, -0.25) is 14.4 Å². The number of anilines is 1. The van der Waals surface area contributed by atoms with Crippen LogP contribution in [-0.4, -0.2) is 65.7 Å². The van der Waals surface area contributed by atoms with Gasteiger partial charge >= 0.3 is 0 Å². The zero-order chi connectivity index (χ0) is 25.6. The van der Waals surface area contributed by atoms with E-state index < -0.39 is 0 Å². The Bertz CT molecular complexity index is 1280. The number of rotatable bonds is 7. The fraction of sp³-hybridized carbons (Fsp3) is 0.407. The number of ether oxygens (including phenoxy) is 1. The molecule has 5 rings (SSSR count). The van der Waals surface area contributed by atoms with Crippen molar-refractivity contribution < 1.29 is 19.1 Å². The van der Waals surface area contributed by atoms with Gasteiger partial charge in [0.15, 0.2) is 4.34 Å². The number of fused-ring (bicyclic) bond motifs is 1. The smallest absolute Gasteiger partial charge is 0.256 e. The first-order chi connectivity index (χ1) is 18.1. The molecule has 1 saturated carbocycles. The summed E-state index contributed by atoms with van der Waals surface area (Å²) < 4.78 is 7.08. The van der Waals surface area contributed by atoms with Crippen molar-refractivity contribution in [3.8, 4) is 0 Å². The van der Waals surface area contributed by atoms with Crippen molar-refractivity contribution in [2.24, 2.45) is 0 Å². The Hall–Kier alpha value is -2.95. The number of hydrogen-bond donors (Lipinski definition) is 2. The van der Waals surface area contributed by atoms with Crippen LogP contribution in [0, 0.1) is 0 Å². The molecule has 2 N–H and O–H groups in total. The maximum absolute atomic E-state index is 13.1. The summed E-state index contributed by atoms with van der Waals surface area (Å²) in [5.74, 6) is -0.112. The molecule has 1 saturated heterocycles. The number of carbonyl (C=O) groups is 3. The number of nitrogens with zero attached hydrogens (tertiary/aromatic N) is 2. The van der Waals surface area contributed by atoms with Crippen LogP contribution in [0.2, 0.25) is 0 Å². The lowest BCUT2D eigenvalue weighted by Gasteiger charge is -2.27. The minimum Gasteiger partial charge on any atom is -0.378 e. The highest BCUT2D eigenvalue weighted by atomic mass is 32.2. The Labute approximate surface area is 224 Å². The summed E-state index contributed by atoms with van der Waals surface area (Å²) in [5, 5.41) is 6.07. The molecule has 0 radical (unpaired) electrons. The van der Waals surface area contributed by atoms with Gasteiger partial charge in [-0.05, 0) is 43.2 Å². The molecule has 3 amide bonds. The Morgan fingerprint density at radius 1 is 1.03 bits per heavy atom. The molecule has 0 unspecified atom stereocenters. The second-order valence-electron chi connectivity index (χ2n) is 9.26. The van der Waals surface area contributed by atoms with Crippen LogP contribution < -0.4 is 10.6 Å². The van der Waals surface area contributed by atoms with Crippen molar-refractivity contribution in [1.82, 2.24) is 15.2 Å². The van der Waals surface area contributed by atoms with Gasteiger partial charge in [0.05, 0.1) is 40.3 Å². The molecule has 10 heteroatoms. The third-order valence-corrected chi connectivity index (χ3v) is 8.79. The number of thioether (sulfide) groups is 1. The quantitative estimate of drug-likeness (QED) is 0.428. The maximum Gasteiger partial charge on any atom is 0.256 e. The van der Waals surface area contributed by atoms with Crippen molar-refractivity contribution in [3.63, 3.8) is 0 Å². The summed E-state index contributed by atoms with van der Waals surface area (Å²) in [7, 11) is 0. The summed E-state index contributed by atoms with van der Waals surface area (Å²) >= 11 is 2.93. The number of thiazole rings is 1. The second kappa shape index (κ2) is 12.1. The van der Waals surface area contributed by atoms with Crippen LogP contribution >= 0.6 is 23.1 Å². The first kappa shape index (κ1) is 25.7. The molecule has 0 atom stereocenters. The van der Waals surface area contributed by atoms with Gasteiger partial charge in [0, 0.05) is 24.8 Å². The van der Waals surface area contributed by atoms with E-state index in [1.54, 1.807) is 35.2 Å². The van der Waals surface area contributed by atoms with E-state index in [-0.39, 0.29) is 17.7 Å². The van der Waals surface area contributed by atoms with Gasteiger partial charge in [-0.1, -0.05) is 43.2 Å². The normalized spacial score (nSPS) is 16.5. The summed E-state index contributed by atoms with van der Waals surface area (Å²) in [6.45, 7) is 2.03. The van der Waals surface area contributed by atoms with Gasteiger partial charge in [0.2, 0.25) is 5.91 Å². The van der Waals surface area contributed by atoms with E-state index in [2.05, 4.69) is 15.6 Å². The first-order valence-electron chi connectivity index (χ1n) is 12.7. The molecule has 0 spiro atoms. The highest BCUT2D eigenvalue weighted by Crippen LogP contribution is 2.31. The number of carbonyl (C=O) groups excluding carboxylic acids is 3. The number of hydrogen-bond acceptors (Lipinski definition) is 7. The molecule has 1 aromatic heterocycles. The topological polar surface area (TPSA) is 101 Å². The highest BCUT2D eigenvalue weighted by Gasteiger charge is 2.23. The lowest BCUT2D eigenvalue weighted by Crippen LogP contribution is -2.41. The zero-order valence-corrected chi connectivity index (χ0v) is 22.2. The summed E-state index contributed by atoms with van der Waals surface area (Å²) in [6, 6.07) is 12.7. The molecule has 37 heavy (non-hydrogen) atoms. The Morgan fingerprint density at radius 3 is 2.57 bits per heavy atom. The van der Waals surface area contributed by atoms with E-state index in [9.17, 15) is 14.4 Å². The monoisotopic (exact) mass is 538 g/mol. The molecule has 2 heterocycles. The zero-order valence-electron chi connectivity index (χ0n) is 20.5. The molecular weight excluding hydrogens is 508 g/mol. The fourth-order valence-electron chi connectivity index (χ4n) is 4.69. The number of benzene rings is 2. The van der Waals surface area contributed by atoms with Crippen LogP contribution in [0.1, 0.15) is 52.8 Å². The van der Waals surface area contributed by atoms with Crippen molar-refractivity contribution >= 4 is 56.7 Å². The van der Waals surface area contributed by atoms with E-state index in [1.807, 2.05) is 12.1 Å². The van der Waals surface area contributed by atoms with E-state index in [0.717, 1.165) is 27.4 Å². The van der Waals surface area contributed by atoms with Crippen LogP contribution in [0.25, 0.3) is 10.2 Å². The molecule has 8 nitrogen and oxygen atoms in total. The third kappa shape index (κ3) is 6.49. The highest BCUT2D eigenvalue weighted by molar-refractivity contribution is 8.01. The number of amides is 3. The number of morpholine rings is 1. The standard InChI is InChI=1S/C27H30N4O4S2/c32-24(28-18-6-2-1-3-7-18)17-36-27-30-22-11-10-19(16-23(22)37-27)29-25(33)20-8-4-5-9-21(20)26(34)31-12-14-35-15-13-31/h4-5,8-11,16,18H,1-3,6-7,12-15,17H2,(H,28,32)(H,29,33). The van der Waals surface area contributed by atoms with E-state index in [4.69, 9.17) is 4.74 Å². The van der Waals surface area contributed by atoms with Crippen LogP contribution in [-0.2, 0) is 9.53 Å². The lowest BCUT2D eigenvalue weighted by molar-refractivity contribution is -0.119. The van der Waals surface area contributed by atoms with Gasteiger partial charge in [-0.25, -0.2) is 4.98 Å². The van der Waals surface area contributed by atoms with Crippen molar-refractivity contribution in [3.05, 3.63) is 53.6 Å². The molecule has 2 fully saturated rings. The summed E-state index contributed by atoms with van der Waals surface area (Å²) in [5.41, 5.74) is 2.16. The Kier molecular flexibility index (Phi) is 8.38. The molecule has 0 bridgehead atoms. The number of aromatic nitrogens is 1. The van der Waals surface area contributed by atoms with Gasteiger partial charge in [-0.2, -0.15) is 0 Å². The molecule has 1 aliphatic heterocycles. The van der Waals surface area contributed by atoms with Crippen LogP contribution in [0.5, 0.6) is 0 Å². The average molecular weight is 539 g/mol. The molecule has 2 aromatic carbocycles. The number of nitrogens with one attached hydrogen (secondary N) is 2. The molecule has 194 valence electrons. The van der Waals surface area contributed by atoms with E-state index in [0.29, 0.717) is 54.9 Å². The van der Waals surface area contributed by atoms with E-state index in [1.165, 1.54) is 42.4 Å². The minimum absolute atomic E-state index is 0.0504. The first-order valence-corrected chi connectivity index (χ1v) is 14.5. The lowest BCUT2D eigenvalue weighted by atomic mass is 9.95. The summed E-state index contributed by atoms with van der Waals surface area (Å²) in [6.07, 6.45) is 5.76. The third-order valence-electron chi connectivity index (χ3n) is 6.62. The van der Waals surface area contributed by atoms with Crippen molar-refractivity contribution in [2.75, 3.05) is 37.4 Å². The molecule has 3 aromatic rings. The van der Waals surface area contributed by atoms with Crippen LogP contribution in [0.4, 0.5) is 5.69 Å². The van der Waals surface area contributed by atoms with Gasteiger partial charge in [0.1, 0.15) is 0 Å². The maximum atomic E-state index is 13.1. The average Bonchev–Trinajstić information content (AvgIpc) is 3.35. The predicted octanol–water partition coefficient (Wildman–Crippen LogP) is 4.56. The molecular formula is C27H30N4O4S2. The van der Waals surface area contributed by atoms with E-state index >= 15 is 0 Å². The SMILES string of the molecule is O=C(CSc1nc2ccc(NC(=O)c3ccccc3C(=O)N3CCOCC3)cc2s1)NC1CCCCC1. The van der Waals surface area contributed by atoms with Crippen LogP contribution in [0.3, 0.4) is 0 Å². The van der Waals surface area contributed by atoms with Gasteiger partial charge < -0.3 is 20.3 Å². The Balaban J connectivity index is 1.22. The van der Waals surface area contributed by atoms with Gasteiger partial charge in [-0.15, -0.1) is 11.3 Å². The van der Waals surface area contributed by atoms with Gasteiger partial charge in [0.25, 0.3) is 11.8 Å². The largest absolute Gasteiger partial charge is 0.378 e. The Morgan fingerprint density at radius 2 is 1.78 bits per heavy atom. The fourth-order valence-corrected chi connectivity index (χ4v) is 6.61. The van der Waals surface area contributed by atoms with Crippen LogP contribution in [0.15, 0.2) is 46.8 Å². The van der Waals surface area contributed by atoms with Crippen molar-refractivity contribution in [1.29, 1.82) is 0 Å². The molecule has 1 aliphatic carbocycles.